The highest BCUT2D eigenvalue weighted by molar-refractivity contribution is 5.87. The number of rotatable bonds is 6. The third-order valence-electron chi connectivity index (χ3n) is 3.87. The number of aliphatic carboxylic acids is 1. The first-order valence-corrected chi connectivity index (χ1v) is 7.20. The molecule has 0 heterocycles. The molecule has 0 aromatic heterocycles. The summed E-state index contributed by atoms with van der Waals surface area (Å²) in [7, 11) is 1.54. The fourth-order valence-electron chi connectivity index (χ4n) is 2.86. The van der Waals surface area contributed by atoms with Gasteiger partial charge in [-0.1, -0.05) is 24.3 Å². The highest BCUT2D eigenvalue weighted by Crippen LogP contribution is 2.32. The van der Waals surface area contributed by atoms with Gasteiger partial charge in [0.05, 0.1) is 12.5 Å². The smallest absolute Gasteiger partial charge is 0.323 e. The first-order chi connectivity index (χ1) is 10.1. The number of carboxylic acid groups (broad SMARTS) is 1. The zero-order chi connectivity index (χ0) is 15.2. The number of carboxylic acids is 1. The number of carbonyl (C=O) groups excluding carboxylic acids is 1. The third kappa shape index (κ3) is 3.82. The summed E-state index contributed by atoms with van der Waals surface area (Å²) in [4.78, 5) is 25.1. The Hall–Kier alpha value is -1.88. The van der Waals surface area contributed by atoms with Gasteiger partial charge in [0.15, 0.2) is 0 Å². The molecule has 1 N–H and O–H groups in total. The standard InChI is InChI=1S/C16H21NO4/c1-21-10-9-17(11-15(18)19)16(20)14-8-4-6-12-5-2-3-7-13(12)14/h2-3,5,7,14H,4,6,8-11H2,1H3,(H,18,19). The van der Waals surface area contributed by atoms with Crippen LogP contribution in [-0.4, -0.2) is 48.7 Å². The number of amides is 1. The van der Waals surface area contributed by atoms with Crippen molar-refractivity contribution in [2.75, 3.05) is 26.8 Å². The summed E-state index contributed by atoms with van der Waals surface area (Å²) in [6, 6.07) is 7.94. The quantitative estimate of drug-likeness (QED) is 0.865. The predicted octanol–water partition coefficient (Wildman–Crippen LogP) is 1.67. The van der Waals surface area contributed by atoms with Crippen LogP contribution in [0.3, 0.4) is 0 Å². The zero-order valence-electron chi connectivity index (χ0n) is 12.2. The lowest BCUT2D eigenvalue weighted by atomic mass is 9.82. The molecule has 1 aliphatic rings. The van der Waals surface area contributed by atoms with Gasteiger partial charge in [0.1, 0.15) is 6.54 Å². The van der Waals surface area contributed by atoms with E-state index in [0.717, 1.165) is 24.8 Å². The van der Waals surface area contributed by atoms with Gasteiger partial charge in [-0.05, 0) is 30.4 Å². The van der Waals surface area contributed by atoms with Crippen LogP contribution in [0, 0.1) is 0 Å². The van der Waals surface area contributed by atoms with Gasteiger partial charge in [0.2, 0.25) is 5.91 Å². The highest BCUT2D eigenvalue weighted by atomic mass is 16.5. The topological polar surface area (TPSA) is 66.8 Å². The first kappa shape index (κ1) is 15.5. The second-order valence-corrected chi connectivity index (χ2v) is 5.29. The SMILES string of the molecule is COCCN(CC(=O)O)C(=O)C1CCCc2ccccc21. The number of methoxy groups -OCH3 is 1. The summed E-state index contributed by atoms with van der Waals surface area (Å²) >= 11 is 0. The average Bonchev–Trinajstić information content (AvgIpc) is 2.50. The van der Waals surface area contributed by atoms with E-state index >= 15 is 0 Å². The van der Waals surface area contributed by atoms with Crippen LogP contribution in [0.4, 0.5) is 0 Å². The lowest BCUT2D eigenvalue weighted by Crippen LogP contribution is -2.41. The van der Waals surface area contributed by atoms with Crippen molar-refractivity contribution in [3.63, 3.8) is 0 Å². The average molecular weight is 291 g/mol. The predicted molar refractivity (Wildman–Crippen MR) is 78.2 cm³/mol. The Balaban J connectivity index is 2.18. The molecule has 1 aromatic rings. The van der Waals surface area contributed by atoms with Crippen LogP contribution >= 0.6 is 0 Å². The molecule has 1 aromatic carbocycles. The number of hydrogen-bond donors (Lipinski definition) is 1. The van der Waals surface area contributed by atoms with Crippen molar-refractivity contribution >= 4 is 11.9 Å². The summed E-state index contributed by atoms with van der Waals surface area (Å²) in [6.07, 6.45) is 2.72. The Labute approximate surface area is 124 Å². The maximum absolute atomic E-state index is 12.7. The Kier molecular flexibility index (Phi) is 5.33. The van der Waals surface area contributed by atoms with Gasteiger partial charge in [0.25, 0.3) is 0 Å². The van der Waals surface area contributed by atoms with E-state index in [1.807, 2.05) is 24.3 Å². The second-order valence-electron chi connectivity index (χ2n) is 5.29. The molecule has 114 valence electrons. The third-order valence-corrected chi connectivity index (χ3v) is 3.87. The van der Waals surface area contributed by atoms with E-state index in [1.54, 1.807) is 7.11 Å². The maximum atomic E-state index is 12.7. The number of benzene rings is 1. The zero-order valence-corrected chi connectivity index (χ0v) is 12.2. The van der Waals surface area contributed by atoms with Crippen LogP contribution < -0.4 is 0 Å². The normalized spacial score (nSPS) is 17.1. The van der Waals surface area contributed by atoms with Crippen LogP contribution in [0.15, 0.2) is 24.3 Å². The molecular formula is C16H21NO4. The minimum Gasteiger partial charge on any atom is -0.480 e. The van der Waals surface area contributed by atoms with Crippen LogP contribution in [0.25, 0.3) is 0 Å². The van der Waals surface area contributed by atoms with Crippen LogP contribution in [-0.2, 0) is 20.7 Å². The number of fused-ring (bicyclic) bond motifs is 1. The van der Waals surface area contributed by atoms with E-state index in [-0.39, 0.29) is 18.4 Å². The van der Waals surface area contributed by atoms with Crippen molar-refractivity contribution in [2.45, 2.75) is 25.2 Å². The molecule has 0 aliphatic heterocycles. The van der Waals surface area contributed by atoms with Crippen molar-refractivity contribution in [1.82, 2.24) is 4.90 Å². The summed E-state index contributed by atoms with van der Waals surface area (Å²) in [5.41, 5.74) is 2.24. The Morgan fingerprint density at radius 3 is 2.86 bits per heavy atom. The molecular weight excluding hydrogens is 270 g/mol. The minimum absolute atomic E-state index is 0.110. The fourth-order valence-corrected chi connectivity index (χ4v) is 2.86. The molecule has 0 saturated heterocycles. The maximum Gasteiger partial charge on any atom is 0.323 e. The van der Waals surface area contributed by atoms with Gasteiger partial charge in [-0.15, -0.1) is 0 Å². The number of hydrogen-bond acceptors (Lipinski definition) is 3. The van der Waals surface area contributed by atoms with E-state index in [2.05, 4.69) is 0 Å². The van der Waals surface area contributed by atoms with Crippen LogP contribution in [0.5, 0.6) is 0 Å². The highest BCUT2D eigenvalue weighted by Gasteiger charge is 2.30. The Morgan fingerprint density at radius 1 is 1.38 bits per heavy atom. The lowest BCUT2D eigenvalue weighted by Gasteiger charge is -2.30. The minimum atomic E-state index is -0.997. The molecule has 1 unspecified atom stereocenters. The lowest BCUT2D eigenvalue weighted by molar-refractivity contribution is -0.145. The summed E-state index contributed by atoms with van der Waals surface area (Å²) in [5.74, 6) is -1.34. The Morgan fingerprint density at radius 2 is 2.14 bits per heavy atom. The molecule has 0 spiro atoms. The monoisotopic (exact) mass is 291 g/mol. The summed E-state index contributed by atoms with van der Waals surface area (Å²) < 4.78 is 4.97. The molecule has 5 heteroatoms. The number of ether oxygens (including phenoxy) is 1. The number of nitrogens with zero attached hydrogens (tertiary/aromatic N) is 1. The van der Waals surface area contributed by atoms with E-state index in [0.29, 0.717) is 13.2 Å². The number of aryl methyl sites for hydroxylation is 1. The largest absolute Gasteiger partial charge is 0.480 e. The summed E-state index contributed by atoms with van der Waals surface area (Å²) in [6.45, 7) is 0.370. The molecule has 21 heavy (non-hydrogen) atoms. The van der Waals surface area contributed by atoms with Crippen molar-refractivity contribution in [2.24, 2.45) is 0 Å². The first-order valence-electron chi connectivity index (χ1n) is 7.20. The molecule has 0 radical (unpaired) electrons. The number of carbonyl (C=O) groups is 2. The molecule has 2 rings (SSSR count). The van der Waals surface area contributed by atoms with Gasteiger partial charge in [-0.2, -0.15) is 0 Å². The fraction of sp³-hybridized carbons (Fsp3) is 0.500. The van der Waals surface area contributed by atoms with Gasteiger partial charge in [0, 0.05) is 13.7 Å². The molecule has 0 fully saturated rings. The second kappa shape index (κ2) is 7.22. The van der Waals surface area contributed by atoms with Crippen LogP contribution in [0.1, 0.15) is 29.9 Å². The van der Waals surface area contributed by atoms with E-state index in [1.165, 1.54) is 10.5 Å². The molecule has 1 atom stereocenters. The molecule has 1 amide bonds. The molecule has 1 aliphatic carbocycles. The molecule has 5 nitrogen and oxygen atoms in total. The van der Waals surface area contributed by atoms with E-state index in [4.69, 9.17) is 9.84 Å². The van der Waals surface area contributed by atoms with Crippen molar-refractivity contribution in [1.29, 1.82) is 0 Å². The van der Waals surface area contributed by atoms with Crippen molar-refractivity contribution < 1.29 is 19.4 Å². The van der Waals surface area contributed by atoms with Crippen LogP contribution in [0.2, 0.25) is 0 Å². The van der Waals surface area contributed by atoms with Gasteiger partial charge in [-0.25, -0.2) is 0 Å². The Bertz CT molecular complexity index is 515. The van der Waals surface area contributed by atoms with Gasteiger partial charge < -0.3 is 14.7 Å². The molecule has 0 saturated carbocycles. The van der Waals surface area contributed by atoms with E-state index in [9.17, 15) is 9.59 Å². The van der Waals surface area contributed by atoms with Gasteiger partial charge in [-0.3, -0.25) is 9.59 Å². The van der Waals surface area contributed by atoms with Crippen molar-refractivity contribution in [3.8, 4) is 0 Å². The van der Waals surface area contributed by atoms with E-state index < -0.39 is 5.97 Å². The molecule has 0 bridgehead atoms. The van der Waals surface area contributed by atoms with Crippen molar-refractivity contribution in [3.05, 3.63) is 35.4 Å². The van der Waals surface area contributed by atoms with Gasteiger partial charge >= 0.3 is 5.97 Å². The summed E-state index contributed by atoms with van der Waals surface area (Å²) in [5, 5.41) is 8.99.